The second-order valence-corrected chi connectivity index (χ2v) is 7.06. The first kappa shape index (κ1) is 13.7. The Labute approximate surface area is 129 Å². The molecule has 1 nitrogen and oxygen atoms in total. The second kappa shape index (κ2) is 4.92. The molecule has 2 aromatic rings. The minimum atomic E-state index is 0.101. The largest absolute Gasteiger partial charge is 0.492 e. The Hall–Kier alpha value is -1.28. The lowest BCUT2D eigenvalue weighted by molar-refractivity contribution is 0.291. The number of hydrogen-bond donors (Lipinski definition) is 0. The van der Waals surface area contributed by atoms with Crippen LogP contribution in [0.5, 0.6) is 5.75 Å². The summed E-state index contributed by atoms with van der Waals surface area (Å²) in [6.45, 7) is 7.40. The molecule has 0 amide bonds. The lowest BCUT2D eigenvalue weighted by Gasteiger charge is -2.18. The van der Waals surface area contributed by atoms with E-state index in [-0.39, 0.29) is 10.2 Å². The summed E-state index contributed by atoms with van der Waals surface area (Å²) in [5.41, 5.74) is 5.34. The van der Waals surface area contributed by atoms with Crippen LogP contribution in [0.3, 0.4) is 0 Å². The molecule has 1 atom stereocenters. The zero-order chi connectivity index (χ0) is 14.3. The van der Waals surface area contributed by atoms with Gasteiger partial charge in [0.1, 0.15) is 5.75 Å². The van der Waals surface area contributed by atoms with Crippen molar-refractivity contribution in [2.75, 3.05) is 6.61 Å². The van der Waals surface area contributed by atoms with E-state index in [4.69, 9.17) is 4.74 Å². The molecule has 1 aliphatic rings. The molecule has 0 fully saturated rings. The first-order valence-corrected chi connectivity index (χ1v) is 7.87. The third kappa shape index (κ3) is 2.26. The predicted molar refractivity (Wildman–Crippen MR) is 86.9 cm³/mol. The summed E-state index contributed by atoms with van der Waals surface area (Å²) in [5.74, 6) is 1.03. The number of benzene rings is 2. The fourth-order valence-corrected chi connectivity index (χ4v) is 3.55. The quantitative estimate of drug-likeness (QED) is 0.692. The van der Waals surface area contributed by atoms with Crippen LogP contribution in [0, 0.1) is 6.92 Å². The van der Waals surface area contributed by atoms with E-state index in [0.29, 0.717) is 0 Å². The van der Waals surface area contributed by atoms with Gasteiger partial charge < -0.3 is 4.74 Å². The summed E-state index contributed by atoms with van der Waals surface area (Å²) in [6.07, 6.45) is 0. The van der Waals surface area contributed by atoms with Crippen molar-refractivity contribution in [1.82, 2.24) is 0 Å². The van der Waals surface area contributed by atoms with E-state index in [1.54, 1.807) is 0 Å². The smallest absolute Gasteiger partial charge is 0.123 e. The Kier molecular flexibility index (Phi) is 3.37. The average Bonchev–Trinajstić information content (AvgIpc) is 2.74. The molecule has 0 radical (unpaired) electrons. The summed E-state index contributed by atoms with van der Waals surface area (Å²) >= 11 is 3.85. The van der Waals surface area contributed by atoms with Crippen LogP contribution >= 0.6 is 15.9 Å². The molecule has 2 heteroatoms. The van der Waals surface area contributed by atoms with Gasteiger partial charge in [-0.15, -0.1) is 0 Å². The lowest BCUT2D eigenvalue weighted by atomic mass is 9.85. The normalized spacial score (nSPS) is 17.4. The van der Waals surface area contributed by atoms with Gasteiger partial charge in [-0.25, -0.2) is 0 Å². The number of hydrogen-bond acceptors (Lipinski definition) is 1. The van der Waals surface area contributed by atoms with Gasteiger partial charge in [0.15, 0.2) is 0 Å². The molecule has 0 N–H and O–H groups in total. The summed E-state index contributed by atoms with van der Waals surface area (Å²) in [5, 5.41) is 0. The van der Waals surface area contributed by atoms with Gasteiger partial charge >= 0.3 is 0 Å². The van der Waals surface area contributed by atoms with Gasteiger partial charge in [0, 0.05) is 11.0 Å². The van der Waals surface area contributed by atoms with Gasteiger partial charge in [-0.1, -0.05) is 60.1 Å². The second-order valence-electron chi connectivity index (χ2n) is 6.15. The van der Waals surface area contributed by atoms with E-state index >= 15 is 0 Å². The van der Waals surface area contributed by atoms with Crippen molar-refractivity contribution in [3.63, 3.8) is 0 Å². The Bertz CT molecular complexity index is 646. The van der Waals surface area contributed by atoms with E-state index in [9.17, 15) is 0 Å². The van der Waals surface area contributed by atoms with E-state index in [0.717, 1.165) is 12.4 Å². The van der Waals surface area contributed by atoms with Crippen molar-refractivity contribution in [1.29, 1.82) is 0 Å². The predicted octanol–water partition coefficient (Wildman–Crippen LogP) is 5.15. The van der Waals surface area contributed by atoms with Crippen molar-refractivity contribution in [2.45, 2.75) is 31.0 Å². The van der Waals surface area contributed by atoms with Gasteiger partial charge in [-0.2, -0.15) is 0 Å². The SMILES string of the molecule is Cc1ccccc1C(Br)c1ccc2c(c1)C(C)(C)CO2. The van der Waals surface area contributed by atoms with Crippen molar-refractivity contribution < 1.29 is 4.74 Å². The molecule has 1 unspecified atom stereocenters. The van der Waals surface area contributed by atoms with Crippen molar-refractivity contribution in [3.8, 4) is 5.75 Å². The molecule has 104 valence electrons. The van der Waals surface area contributed by atoms with Crippen molar-refractivity contribution in [2.24, 2.45) is 0 Å². The molecule has 0 aromatic heterocycles. The van der Waals surface area contributed by atoms with Crippen molar-refractivity contribution >= 4 is 15.9 Å². The molecule has 0 bridgehead atoms. The molecule has 0 saturated heterocycles. The number of fused-ring (bicyclic) bond motifs is 1. The minimum absolute atomic E-state index is 0.101. The maximum atomic E-state index is 5.76. The molecule has 0 saturated carbocycles. The summed E-state index contributed by atoms with van der Waals surface area (Å²) in [4.78, 5) is 0.227. The first-order chi connectivity index (χ1) is 9.49. The molecular formula is C18H19BrO. The fraction of sp³-hybridized carbons (Fsp3) is 0.333. The zero-order valence-corrected chi connectivity index (χ0v) is 13.7. The molecule has 2 aromatic carbocycles. The van der Waals surface area contributed by atoms with Gasteiger partial charge in [0.2, 0.25) is 0 Å². The Balaban J connectivity index is 2.02. The average molecular weight is 331 g/mol. The number of rotatable bonds is 2. The highest BCUT2D eigenvalue weighted by Gasteiger charge is 2.32. The fourth-order valence-electron chi connectivity index (χ4n) is 2.75. The standard InChI is InChI=1S/C18H19BrO/c1-12-6-4-5-7-14(12)17(19)13-8-9-16-15(10-13)18(2,3)11-20-16/h4-10,17H,11H2,1-3H3. The third-order valence-electron chi connectivity index (χ3n) is 4.08. The number of halogens is 1. The zero-order valence-electron chi connectivity index (χ0n) is 12.1. The summed E-state index contributed by atoms with van der Waals surface area (Å²) in [7, 11) is 0. The molecule has 0 spiro atoms. The summed E-state index contributed by atoms with van der Waals surface area (Å²) < 4.78 is 5.76. The Morgan fingerprint density at radius 3 is 2.65 bits per heavy atom. The molecule has 1 aliphatic heterocycles. The third-order valence-corrected chi connectivity index (χ3v) is 5.10. The van der Waals surface area contributed by atoms with Gasteiger partial charge in [-0.3, -0.25) is 0 Å². The van der Waals surface area contributed by atoms with Crippen LogP contribution in [0.2, 0.25) is 0 Å². The Morgan fingerprint density at radius 1 is 1.15 bits per heavy atom. The van der Waals surface area contributed by atoms with Crippen LogP contribution in [0.25, 0.3) is 0 Å². The van der Waals surface area contributed by atoms with E-state index in [2.05, 4.69) is 79.2 Å². The van der Waals surface area contributed by atoms with Gasteiger partial charge in [0.25, 0.3) is 0 Å². The number of aryl methyl sites for hydroxylation is 1. The van der Waals surface area contributed by atoms with Crippen LogP contribution in [0.4, 0.5) is 0 Å². The minimum Gasteiger partial charge on any atom is -0.492 e. The highest BCUT2D eigenvalue weighted by Crippen LogP contribution is 2.42. The van der Waals surface area contributed by atoms with E-state index < -0.39 is 0 Å². The molecule has 20 heavy (non-hydrogen) atoms. The van der Waals surface area contributed by atoms with Gasteiger partial charge in [-0.05, 0) is 35.7 Å². The van der Waals surface area contributed by atoms with E-state index in [1.165, 1.54) is 22.3 Å². The topological polar surface area (TPSA) is 9.23 Å². The number of ether oxygens (including phenoxy) is 1. The highest BCUT2D eigenvalue weighted by atomic mass is 79.9. The Morgan fingerprint density at radius 2 is 1.90 bits per heavy atom. The monoisotopic (exact) mass is 330 g/mol. The van der Waals surface area contributed by atoms with Gasteiger partial charge in [0.05, 0.1) is 11.4 Å². The summed E-state index contributed by atoms with van der Waals surface area (Å²) in [6, 6.07) is 15.1. The number of alkyl halides is 1. The first-order valence-electron chi connectivity index (χ1n) is 6.96. The van der Waals surface area contributed by atoms with Crippen LogP contribution < -0.4 is 4.74 Å². The van der Waals surface area contributed by atoms with Crippen LogP contribution in [0.15, 0.2) is 42.5 Å². The van der Waals surface area contributed by atoms with Crippen LogP contribution in [0.1, 0.15) is 40.9 Å². The highest BCUT2D eigenvalue weighted by molar-refractivity contribution is 9.09. The maximum absolute atomic E-state index is 5.76. The maximum Gasteiger partial charge on any atom is 0.123 e. The van der Waals surface area contributed by atoms with Crippen molar-refractivity contribution in [3.05, 3.63) is 64.7 Å². The lowest BCUT2D eigenvalue weighted by Crippen LogP contribution is -2.18. The molecule has 0 aliphatic carbocycles. The molecular weight excluding hydrogens is 312 g/mol. The molecule has 1 heterocycles. The van der Waals surface area contributed by atoms with Crippen LogP contribution in [-0.2, 0) is 5.41 Å². The van der Waals surface area contributed by atoms with Crippen LogP contribution in [-0.4, -0.2) is 6.61 Å². The van der Waals surface area contributed by atoms with E-state index in [1.807, 2.05) is 0 Å². The molecule has 3 rings (SSSR count).